The highest BCUT2D eigenvalue weighted by Gasteiger charge is 2.40. The lowest BCUT2D eigenvalue weighted by molar-refractivity contribution is -0.134. The molecule has 3 heterocycles. The monoisotopic (exact) mass is 376 g/mol. The number of rotatable bonds is 3. The summed E-state index contributed by atoms with van der Waals surface area (Å²) in [5.74, 6) is 0.201. The first kappa shape index (κ1) is 16.5. The molecule has 3 amide bonds. The highest BCUT2D eigenvalue weighted by Crippen LogP contribution is 2.43. The van der Waals surface area contributed by atoms with Crippen molar-refractivity contribution < 1.29 is 19.1 Å². The Labute approximate surface area is 159 Å². The van der Waals surface area contributed by atoms with Crippen LogP contribution in [0, 0.1) is 0 Å². The van der Waals surface area contributed by atoms with E-state index in [2.05, 4.69) is 10.4 Å². The second kappa shape index (κ2) is 5.91. The molecular weight excluding hydrogens is 360 g/mol. The van der Waals surface area contributed by atoms with Gasteiger partial charge < -0.3 is 4.74 Å². The first-order valence-electron chi connectivity index (χ1n) is 8.92. The summed E-state index contributed by atoms with van der Waals surface area (Å²) in [7, 11) is 1.80. The molecule has 28 heavy (non-hydrogen) atoms. The molecule has 2 aromatic carbocycles. The zero-order chi connectivity index (χ0) is 19.4. The van der Waals surface area contributed by atoms with Crippen LogP contribution in [0.25, 0.3) is 10.8 Å². The lowest BCUT2D eigenvalue weighted by Gasteiger charge is -2.30. The second-order valence-electron chi connectivity index (χ2n) is 6.90. The fourth-order valence-electron chi connectivity index (χ4n) is 3.88. The highest BCUT2D eigenvalue weighted by atomic mass is 16.5. The number of aromatic nitrogens is 2. The van der Waals surface area contributed by atoms with E-state index in [0.717, 1.165) is 10.8 Å². The van der Waals surface area contributed by atoms with Gasteiger partial charge in [0.05, 0.1) is 18.1 Å². The van der Waals surface area contributed by atoms with Crippen LogP contribution < -0.4 is 15.0 Å². The van der Waals surface area contributed by atoms with Crippen LogP contribution in [0.1, 0.15) is 23.2 Å². The average molecular weight is 376 g/mol. The third kappa shape index (κ3) is 2.38. The predicted octanol–water partition coefficient (Wildman–Crippen LogP) is 2.13. The van der Waals surface area contributed by atoms with Gasteiger partial charge in [-0.15, -0.1) is 0 Å². The zero-order valence-electron chi connectivity index (χ0n) is 15.0. The number of nitrogens with one attached hydrogen (secondary N) is 1. The lowest BCUT2D eigenvalue weighted by atomic mass is 10.0. The topological polar surface area (TPSA) is 93.5 Å². The van der Waals surface area contributed by atoms with Crippen molar-refractivity contribution in [3.8, 4) is 11.5 Å². The van der Waals surface area contributed by atoms with E-state index in [1.807, 2.05) is 6.07 Å². The van der Waals surface area contributed by atoms with Crippen LogP contribution in [0.15, 0.2) is 42.7 Å². The number of aryl methyl sites for hydroxylation is 1. The number of ether oxygens (including phenoxy) is 1. The van der Waals surface area contributed by atoms with Crippen LogP contribution in [-0.2, 0) is 16.6 Å². The minimum atomic E-state index is -0.703. The van der Waals surface area contributed by atoms with E-state index in [1.165, 1.54) is 4.90 Å². The number of anilines is 1. The van der Waals surface area contributed by atoms with Gasteiger partial charge in [-0.1, -0.05) is 12.1 Å². The van der Waals surface area contributed by atoms with Crippen molar-refractivity contribution in [3.05, 3.63) is 48.3 Å². The first-order chi connectivity index (χ1) is 13.5. The normalized spacial score (nSPS) is 18.7. The fraction of sp³-hybridized carbons (Fsp3) is 0.200. The largest absolute Gasteiger partial charge is 0.453 e. The fourth-order valence-corrected chi connectivity index (χ4v) is 3.88. The molecule has 2 aliphatic heterocycles. The standard InChI is InChI=1S/C20H16N4O4/c1-23-10-11(9-21-23)28-16-7-5-14-18-12(16)3-2-4-13(18)20(27)24(14)15-6-8-17(25)22-19(15)26/h2-5,7,9-10,15H,6,8H2,1H3,(H,22,25,26). The van der Waals surface area contributed by atoms with E-state index in [4.69, 9.17) is 4.74 Å². The molecule has 0 radical (unpaired) electrons. The Morgan fingerprint density at radius 2 is 2.04 bits per heavy atom. The van der Waals surface area contributed by atoms with Crippen LogP contribution in [0.5, 0.6) is 11.5 Å². The Kier molecular flexibility index (Phi) is 3.48. The second-order valence-corrected chi connectivity index (χ2v) is 6.90. The van der Waals surface area contributed by atoms with Crippen LogP contribution in [0.3, 0.4) is 0 Å². The van der Waals surface area contributed by atoms with Crippen molar-refractivity contribution in [1.82, 2.24) is 15.1 Å². The molecule has 1 fully saturated rings. The van der Waals surface area contributed by atoms with E-state index in [1.54, 1.807) is 48.4 Å². The van der Waals surface area contributed by atoms with Gasteiger partial charge in [0, 0.05) is 29.8 Å². The predicted molar refractivity (Wildman–Crippen MR) is 100 cm³/mol. The van der Waals surface area contributed by atoms with Crippen molar-refractivity contribution in [2.45, 2.75) is 18.9 Å². The van der Waals surface area contributed by atoms with Gasteiger partial charge in [0.2, 0.25) is 11.8 Å². The van der Waals surface area contributed by atoms with Crippen LogP contribution in [0.4, 0.5) is 5.69 Å². The maximum Gasteiger partial charge on any atom is 0.259 e. The van der Waals surface area contributed by atoms with Crippen LogP contribution in [-0.4, -0.2) is 33.5 Å². The number of hydrogen-bond acceptors (Lipinski definition) is 5. The van der Waals surface area contributed by atoms with Gasteiger partial charge in [-0.05, 0) is 24.6 Å². The molecule has 0 aliphatic carbocycles. The van der Waals surface area contributed by atoms with Gasteiger partial charge >= 0.3 is 0 Å². The summed E-state index contributed by atoms with van der Waals surface area (Å²) in [5, 5.41) is 7.95. The SMILES string of the molecule is Cn1cc(Oc2ccc3c4c(cccc24)C(=O)N3C2CCC(=O)NC2=O)cn1. The number of carbonyl (C=O) groups is 3. The molecule has 140 valence electrons. The van der Waals surface area contributed by atoms with Gasteiger partial charge in [-0.25, -0.2) is 0 Å². The van der Waals surface area contributed by atoms with Gasteiger partial charge in [-0.3, -0.25) is 29.3 Å². The minimum Gasteiger partial charge on any atom is -0.453 e. The summed E-state index contributed by atoms with van der Waals surface area (Å²) in [4.78, 5) is 38.4. The number of imide groups is 1. The Bertz CT molecular complexity index is 1170. The summed E-state index contributed by atoms with van der Waals surface area (Å²) < 4.78 is 7.61. The molecule has 0 spiro atoms. The number of piperidine rings is 1. The molecule has 0 bridgehead atoms. The number of benzene rings is 2. The van der Waals surface area contributed by atoms with Crippen LogP contribution >= 0.6 is 0 Å². The molecule has 1 unspecified atom stereocenters. The maximum atomic E-state index is 13.1. The molecule has 8 nitrogen and oxygen atoms in total. The average Bonchev–Trinajstić information content (AvgIpc) is 3.20. The van der Waals surface area contributed by atoms with Crippen molar-refractivity contribution >= 4 is 34.2 Å². The molecule has 1 saturated heterocycles. The Hall–Kier alpha value is -3.68. The summed E-state index contributed by atoms with van der Waals surface area (Å²) in [5.41, 5.74) is 1.18. The molecule has 1 N–H and O–H groups in total. The van der Waals surface area contributed by atoms with Gasteiger partial charge in [-0.2, -0.15) is 5.10 Å². The van der Waals surface area contributed by atoms with Crippen molar-refractivity contribution in [3.63, 3.8) is 0 Å². The maximum absolute atomic E-state index is 13.1. The summed E-state index contributed by atoms with van der Waals surface area (Å²) in [6, 6.07) is 8.29. The van der Waals surface area contributed by atoms with Gasteiger partial charge in [0.1, 0.15) is 11.8 Å². The molecule has 3 aromatic rings. The Balaban J connectivity index is 1.60. The van der Waals surface area contributed by atoms with E-state index < -0.39 is 11.9 Å². The molecule has 5 rings (SSSR count). The number of hydrogen-bond donors (Lipinski definition) is 1. The molecule has 8 heteroatoms. The van der Waals surface area contributed by atoms with Crippen molar-refractivity contribution in [1.29, 1.82) is 0 Å². The van der Waals surface area contributed by atoms with E-state index in [9.17, 15) is 14.4 Å². The smallest absolute Gasteiger partial charge is 0.259 e. The Morgan fingerprint density at radius 3 is 2.79 bits per heavy atom. The number of nitrogens with zero attached hydrogens (tertiary/aromatic N) is 3. The molecule has 0 saturated carbocycles. The summed E-state index contributed by atoms with van der Waals surface area (Å²) in [6.45, 7) is 0. The van der Waals surface area contributed by atoms with Crippen molar-refractivity contribution in [2.24, 2.45) is 7.05 Å². The summed E-state index contributed by atoms with van der Waals surface area (Å²) >= 11 is 0. The number of carbonyl (C=O) groups excluding carboxylic acids is 3. The summed E-state index contributed by atoms with van der Waals surface area (Å²) in [6.07, 6.45) is 3.88. The molecular formula is C20H16N4O4. The van der Waals surface area contributed by atoms with E-state index in [0.29, 0.717) is 29.2 Å². The van der Waals surface area contributed by atoms with Crippen molar-refractivity contribution in [2.75, 3.05) is 4.90 Å². The van der Waals surface area contributed by atoms with Gasteiger partial charge in [0.15, 0.2) is 5.75 Å². The minimum absolute atomic E-state index is 0.210. The first-order valence-corrected chi connectivity index (χ1v) is 8.92. The number of amides is 3. The third-order valence-corrected chi connectivity index (χ3v) is 5.12. The molecule has 2 aliphatic rings. The van der Waals surface area contributed by atoms with E-state index >= 15 is 0 Å². The zero-order valence-corrected chi connectivity index (χ0v) is 15.0. The lowest BCUT2D eigenvalue weighted by Crippen LogP contribution is -2.53. The van der Waals surface area contributed by atoms with E-state index in [-0.39, 0.29) is 18.2 Å². The highest BCUT2D eigenvalue weighted by molar-refractivity contribution is 6.27. The molecule has 1 atom stereocenters. The van der Waals surface area contributed by atoms with Crippen LogP contribution in [0.2, 0.25) is 0 Å². The quantitative estimate of drug-likeness (QED) is 0.707. The molecule has 1 aromatic heterocycles. The Morgan fingerprint density at radius 1 is 1.18 bits per heavy atom. The van der Waals surface area contributed by atoms with Gasteiger partial charge in [0.25, 0.3) is 5.91 Å². The third-order valence-electron chi connectivity index (χ3n) is 5.12.